The van der Waals surface area contributed by atoms with Crippen molar-refractivity contribution in [1.82, 2.24) is 0 Å². The Labute approximate surface area is 304 Å². The molecule has 6 aromatic carbocycles. The van der Waals surface area contributed by atoms with Crippen LogP contribution in [0.25, 0.3) is 42.4 Å². The van der Waals surface area contributed by atoms with Gasteiger partial charge in [0.05, 0.1) is 22.8 Å². The summed E-state index contributed by atoms with van der Waals surface area (Å²) in [6.07, 6.45) is 6.56. The van der Waals surface area contributed by atoms with Gasteiger partial charge in [-0.05, 0) is 85.3 Å². The highest BCUT2D eigenvalue weighted by atomic mass is 35.5. The summed E-state index contributed by atoms with van der Waals surface area (Å²) >= 11 is 9.46. The average Bonchev–Trinajstić information content (AvgIpc) is 3.52. The van der Waals surface area contributed by atoms with Gasteiger partial charge in [-0.2, -0.15) is 0 Å². The fourth-order valence-electron chi connectivity index (χ4n) is 7.41. The van der Waals surface area contributed by atoms with Crippen LogP contribution in [0.4, 0.5) is 17.1 Å². The lowest BCUT2D eigenvalue weighted by Gasteiger charge is -2.36. The Bertz CT molecular complexity index is 2410. The highest BCUT2D eigenvalue weighted by Gasteiger charge is 2.32. The van der Waals surface area contributed by atoms with Crippen LogP contribution < -0.4 is 10.2 Å². The first-order chi connectivity index (χ1) is 24.0. The first-order valence-electron chi connectivity index (χ1n) is 17.5. The van der Waals surface area contributed by atoms with Gasteiger partial charge in [0.25, 0.3) is 0 Å². The number of halogens is 1. The maximum absolute atomic E-state index is 7.66. The Morgan fingerprint density at radius 3 is 1.84 bits per heavy atom. The molecule has 0 aliphatic heterocycles. The molecular formula is C46H43ClN2S. The van der Waals surface area contributed by atoms with Crippen molar-refractivity contribution in [1.29, 1.82) is 0 Å². The molecule has 1 aromatic heterocycles. The van der Waals surface area contributed by atoms with Crippen molar-refractivity contribution in [2.45, 2.75) is 63.8 Å². The van der Waals surface area contributed by atoms with Gasteiger partial charge in [-0.3, -0.25) is 0 Å². The lowest BCUT2D eigenvalue weighted by atomic mass is 9.86. The summed E-state index contributed by atoms with van der Waals surface area (Å²) in [6.45, 7) is 13.6. The first-order valence-corrected chi connectivity index (χ1v) is 18.8. The smallest absolute Gasteiger partial charge is 0.0977 e. The summed E-state index contributed by atoms with van der Waals surface area (Å²) in [4.78, 5) is 2.45. The van der Waals surface area contributed by atoms with Gasteiger partial charge in [0, 0.05) is 32.2 Å². The molecule has 8 rings (SSSR count). The number of hydrogen-bond acceptors (Lipinski definition) is 3. The number of fused-ring (bicyclic) bond motifs is 7. The van der Waals surface area contributed by atoms with E-state index in [4.69, 9.17) is 11.6 Å². The summed E-state index contributed by atoms with van der Waals surface area (Å²) in [5.74, 6) is 0. The van der Waals surface area contributed by atoms with Gasteiger partial charge in [-0.15, -0.1) is 22.9 Å². The number of nitrogens with zero attached hydrogens (tertiary/aromatic N) is 1. The van der Waals surface area contributed by atoms with Crippen molar-refractivity contribution >= 4 is 82.4 Å². The van der Waals surface area contributed by atoms with E-state index in [2.05, 4.69) is 185 Å². The predicted molar refractivity (Wildman–Crippen MR) is 221 cm³/mol. The zero-order valence-corrected chi connectivity index (χ0v) is 31.2. The monoisotopic (exact) mass is 690 g/mol. The lowest BCUT2D eigenvalue weighted by molar-refractivity contribution is 0.590. The van der Waals surface area contributed by atoms with Crippen LogP contribution in [0, 0.1) is 0 Å². The Kier molecular flexibility index (Phi) is 8.05. The van der Waals surface area contributed by atoms with Crippen LogP contribution in [0.5, 0.6) is 0 Å². The molecule has 0 radical (unpaired) electrons. The van der Waals surface area contributed by atoms with Gasteiger partial charge in [0.2, 0.25) is 0 Å². The topological polar surface area (TPSA) is 15.3 Å². The van der Waals surface area contributed by atoms with Gasteiger partial charge < -0.3 is 10.2 Å². The number of allylic oxidation sites excluding steroid dienone is 2. The summed E-state index contributed by atoms with van der Waals surface area (Å²) in [5, 5.41) is 14.5. The number of nitrogens with one attached hydrogen (secondary N) is 1. The average molecular weight is 691 g/mol. The molecule has 0 amide bonds. The highest BCUT2D eigenvalue weighted by molar-refractivity contribution is 7.17. The number of hydrogen-bond donors (Lipinski definition) is 1. The first kappa shape index (κ1) is 32.6. The zero-order valence-electron chi connectivity index (χ0n) is 29.6. The van der Waals surface area contributed by atoms with Crippen molar-refractivity contribution < 1.29 is 0 Å². The van der Waals surface area contributed by atoms with E-state index in [1.54, 1.807) is 11.3 Å². The third kappa shape index (κ3) is 5.67. The molecule has 0 spiro atoms. The molecule has 0 saturated carbocycles. The number of rotatable bonds is 5. The second-order valence-corrected chi connectivity index (χ2v) is 17.0. The van der Waals surface area contributed by atoms with Crippen molar-refractivity contribution in [3.63, 3.8) is 0 Å². The van der Waals surface area contributed by atoms with Gasteiger partial charge in [0.15, 0.2) is 0 Å². The molecule has 0 fully saturated rings. The summed E-state index contributed by atoms with van der Waals surface area (Å²) in [6, 6.07) is 40.0. The Morgan fingerprint density at radius 1 is 0.620 bits per heavy atom. The van der Waals surface area contributed by atoms with Crippen molar-refractivity contribution in [2.75, 3.05) is 10.2 Å². The fourth-order valence-corrected chi connectivity index (χ4v) is 8.64. The molecule has 0 saturated heterocycles. The molecule has 7 aromatic rings. The van der Waals surface area contributed by atoms with Crippen LogP contribution in [0.1, 0.15) is 52.7 Å². The zero-order chi connectivity index (χ0) is 34.8. The van der Waals surface area contributed by atoms with Crippen molar-refractivity contribution in [3.05, 3.63) is 150 Å². The van der Waals surface area contributed by atoms with Crippen LogP contribution >= 0.6 is 22.9 Å². The lowest BCUT2D eigenvalue weighted by Crippen LogP contribution is -2.36. The molecule has 1 aliphatic carbocycles. The second kappa shape index (κ2) is 12.3. The molecular weight excluding hydrogens is 648 g/mol. The van der Waals surface area contributed by atoms with Crippen LogP contribution in [0.3, 0.4) is 0 Å². The van der Waals surface area contributed by atoms with Crippen LogP contribution in [-0.4, -0.2) is 11.4 Å². The SMILES string of the molecule is CC(C)(C)c1ccc(NC2C=CC=C(N(c3csc4ccc(C(C)(C)C)cc34)c3cccc4c5ccccc5c5ccccc5c34)C2Cl)cc1. The van der Waals surface area contributed by atoms with E-state index < -0.39 is 0 Å². The quantitative estimate of drug-likeness (QED) is 0.143. The molecule has 250 valence electrons. The molecule has 4 heteroatoms. The van der Waals surface area contributed by atoms with Crippen molar-refractivity contribution in [2.24, 2.45) is 0 Å². The van der Waals surface area contributed by atoms with E-state index in [0.29, 0.717) is 0 Å². The number of benzene rings is 6. The molecule has 1 aliphatic rings. The predicted octanol–water partition coefficient (Wildman–Crippen LogP) is 13.6. The molecule has 2 unspecified atom stereocenters. The van der Waals surface area contributed by atoms with Crippen LogP contribution in [-0.2, 0) is 10.8 Å². The van der Waals surface area contributed by atoms with Gasteiger partial charge >= 0.3 is 0 Å². The molecule has 2 nitrogen and oxygen atoms in total. The maximum Gasteiger partial charge on any atom is 0.0977 e. The second-order valence-electron chi connectivity index (χ2n) is 15.6. The van der Waals surface area contributed by atoms with E-state index in [1.807, 2.05) is 0 Å². The molecule has 0 bridgehead atoms. The molecule has 1 N–H and O–H groups in total. The van der Waals surface area contributed by atoms with E-state index in [-0.39, 0.29) is 22.2 Å². The fraction of sp³-hybridized carbons (Fsp3) is 0.217. The minimum absolute atomic E-state index is 0.0200. The summed E-state index contributed by atoms with van der Waals surface area (Å²) < 4.78 is 1.26. The van der Waals surface area contributed by atoms with Crippen molar-refractivity contribution in [3.8, 4) is 0 Å². The molecule has 1 heterocycles. The Hall–Kier alpha value is -4.57. The molecule has 50 heavy (non-hydrogen) atoms. The van der Waals surface area contributed by atoms with E-state index in [9.17, 15) is 0 Å². The Morgan fingerprint density at radius 2 is 1.20 bits per heavy atom. The third-order valence-corrected chi connectivity index (χ3v) is 11.6. The number of alkyl halides is 1. The van der Waals surface area contributed by atoms with Gasteiger partial charge in [-0.25, -0.2) is 0 Å². The molecule has 2 atom stereocenters. The van der Waals surface area contributed by atoms with E-state index >= 15 is 0 Å². The maximum atomic E-state index is 7.66. The number of anilines is 3. The number of thiophene rings is 1. The minimum Gasteiger partial charge on any atom is -0.377 e. The van der Waals surface area contributed by atoms with Gasteiger partial charge in [-0.1, -0.05) is 133 Å². The van der Waals surface area contributed by atoms with Crippen LogP contribution in [0.2, 0.25) is 0 Å². The van der Waals surface area contributed by atoms with Gasteiger partial charge in [0.1, 0.15) is 0 Å². The summed E-state index contributed by atoms with van der Waals surface area (Å²) in [5.41, 5.74) is 7.13. The standard InChI is InChI=1S/C46H43ClN2S/c1-45(2,3)29-21-24-31(25-22-29)48-38-18-12-20-40(44(38)47)49(41-28-50-42-26-23-30(27-37(41)42)46(4,5)6)39-19-11-17-36-34-14-8-7-13-32(34)33-15-9-10-16-35(33)43(36)39/h7-28,38,44,48H,1-6H3. The normalized spacial score (nSPS) is 16.7. The third-order valence-electron chi connectivity index (χ3n) is 10.2. The van der Waals surface area contributed by atoms with E-state index in [0.717, 1.165) is 22.8 Å². The van der Waals surface area contributed by atoms with E-state index in [1.165, 1.54) is 53.5 Å². The highest BCUT2D eigenvalue weighted by Crippen LogP contribution is 2.48. The van der Waals surface area contributed by atoms with Crippen LogP contribution in [0.15, 0.2) is 138 Å². The summed E-state index contributed by atoms with van der Waals surface area (Å²) in [7, 11) is 0. The Balaban J connectivity index is 1.34. The minimum atomic E-state index is -0.343. The largest absolute Gasteiger partial charge is 0.377 e.